The van der Waals surface area contributed by atoms with Gasteiger partial charge < -0.3 is 16.0 Å². The molecular weight excluding hydrogens is 270 g/mol. The van der Waals surface area contributed by atoms with Crippen molar-refractivity contribution in [2.24, 2.45) is 0 Å². The number of halogens is 1. The molecule has 0 saturated carbocycles. The largest absolute Gasteiger partial charge is 0.383 e. The molecule has 1 saturated heterocycles. The zero-order chi connectivity index (χ0) is 11.7. The molecule has 2 atom stereocenters. The second-order valence-electron chi connectivity index (χ2n) is 4.28. The highest BCUT2D eigenvalue weighted by atomic mass is 79.9. The molecule has 0 bridgehead atoms. The summed E-state index contributed by atoms with van der Waals surface area (Å²) in [4.78, 5) is 10.7. The molecular formula is C10H16BrN5. The van der Waals surface area contributed by atoms with E-state index in [1.54, 1.807) is 6.20 Å². The van der Waals surface area contributed by atoms with Crippen molar-refractivity contribution in [3.05, 3.63) is 10.7 Å². The highest BCUT2D eigenvalue weighted by Gasteiger charge is 2.22. The molecule has 0 aromatic carbocycles. The predicted octanol–water partition coefficient (Wildman–Crippen LogP) is 1.01. The number of hydrogen-bond donors (Lipinski definition) is 2. The number of aromatic nitrogens is 2. The number of rotatable bonds is 1. The Balaban J connectivity index is 2.19. The Labute approximate surface area is 104 Å². The van der Waals surface area contributed by atoms with Gasteiger partial charge in [-0.2, -0.15) is 4.98 Å². The molecule has 6 heteroatoms. The Bertz CT molecular complexity index is 373. The van der Waals surface area contributed by atoms with Crippen LogP contribution < -0.4 is 16.0 Å². The van der Waals surface area contributed by atoms with E-state index >= 15 is 0 Å². The first-order valence-corrected chi connectivity index (χ1v) is 6.14. The minimum Gasteiger partial charge on any atom is -0.383 e. The van der Waals surface area contributed by atoms with Crippen LogP contribution in [0.1, 0.15) is 13.8 Å². The Hall–Kier alpha value is -0.880. The van der Waals surface area contributed by atoms with Crippen molar-refractivity contribution in [2.75, 3.05) is 23.7 Å². The first-order chi connectivity index (χ1) is 7.56. The topological polar surface area (TPSA) is 67.1 Å². The summed E-state index contributed by atoms with van der Waals surface area (Å²) < 4.78 is 0.743. The van der Waals surface area contributed by atoms with Gasteiger partial charge in [-0.05, 0) is 29.8 Å². The maximum absolute atomic E-state index is 5.76. The van der Waals surface area contributed by atoms with Crippen LogP contribution in [0, 0.1) is 0 Å². The zero-order valence-corrected chi connectivity index (χ0v) is 11.0. The lowest BCUT2D eigenvalue weighted by Crippen LogP contribution is -2.54. The number of nitrogens with zero attached hydrogens (tertiary/aromatic N) is 3. The van der Waals surface area contributed by atoms with Gasteiger partial charge in [-0.25, -0.2) is 4.98 Å². The van der Waals surface area contributed by atoms with Crippen molar-refractivity contribution >= 4 is 27.7 Å². The van der Waals surface area contributed by atoms with Crippen LogP contribution in [0.2, 0.25) is 0 Å². The van der Waals surface area contributed by atoms with Gasteiger partial charge in [0.25, 0.3) is 0 Å². The molecule has 16 heavy (non-hydrogen) atoms. The maximum atomic E-state index is 5.76. The fraction of sp³-hybridized carbons (Fsp3) is 0.600. The maximum Gasteiger partial charge on any atom is 0.227 e. The molecule has 0 amide bonds. The minimum absolute atomic E-state index is 0.442. The van der Waals surface area contributed by atoms with Crippen LogP contribution in [0.15, 0.2) is 10.7 Å². The monoisotopic (exact) mass is 285 g/mol. The Kier molecular flexibility index (Phi) is 3.30. The summed E-state index contributed by atoms with van der Waals surface area (Å²) in [6, 6.07) is 0.884. The molecule has 0 radical (unpaired) electrons. The van der Waals surface area contributed by atoms with Gasteiger partial charge in [0.05, 0.1) is 4.47 Å². The van der Waals surface area contributed by atoms with Gasteiger partial charge in [0.2, 0.25) is 5.95 Å². The van der Waals surface area contributed by atoms with E-state index in [-0.39, 0.29) is 0 Å². The van der Waals surface area contributed by atoms with Gasteiger partial charge in [-0.15, -0.1) is 0 Å². The molecule has 1 aliphatic heterocycles. The first-order valence-electron chi connectivity index (χ1n) is 5.35. The molecule has 5 nitrogen and oxygen atoms in total. The van der Waals surface area contributed by atoms with Crippen molar-refractivity contribution in [3.8, 4) is 0 Å². The van der Waals surface area contributed by atoms with Gasteiger partial charge in [0.1, 0.15) is 5.82 Å². The van der Waals surface area contributed by atoms with E-state index in [1.165, 1.54) is 0 Å². The van der Waals surface area contributed by atoms with Crippen LogP contribution in [0.5, 0.6) is 0 Å². The zero-order valence-electron chi connectivity index (χ0n) is 9.44. The second-order valence-corrected chi connectivity index (χ2v) is 5.13. The van der Waals surface area contributed by atoms with Crippen LogP contribution in [0.25, 0.3) is 0 Å². The number of piperazine rings is 1. The highest BCUT2D eigenvalue weighted by molar-refractivity contribution is 9.10. The van der Waals surface area contributed by atoms with Crippen molar-refractivity contribution in [3.63, 3.8) is 0 Å². The van der Waals surface area contributed by atoms with Gasteiger partial charge in [0, 0.05) is 31.4 Å². The lowest BCUT2D eigenvalue weighted by Gasteiger charge is -2.36. The van der Waals surface area contributed by atoms with Crippen LogP contribution in [-0.4, -0.2) is 35.1 Å². The molecule has 0 aliphatic carbocycles. The average molecular weight is 286 g/mol. The summed E-state index contributed by atoms with van der Waals surface area (Å²) >= 11 is 3.30. The summed E-state index contributed by atoms with van der Waals surface area (Å²) in [5.74, 6) is 1.20. The molecule has 1 aromatic heterocycles. The van der Waals surface area contributed by atoms with E-state index in [9.17, 15) is 0 Å². The fourth-order valence-electron chi connectivity index (χ4n) is 2.01. The van der Waals surface area contributed by atoms with E-state index in [0.29, 0.717) is 23.8 Å². The van der Waals surface area contributed by atoms with E-state index in [4.69, 9.17) is 5.73 Å². The summed E-state index contributed by atoms with van der Waals surface area (Å²) in [5.41, 5.74) is 5.76. The second kappa shape index (κ2) is 4.55. The van der Waals surface area contributed by atoms with Gasteiger partial charge in [0.15, 0.2) is 0 Å². The smallest absolute Gasteiger partial charge is 0.227 e. The van der Waals surface area contributed by atoms with Crippen molar-refractivity contribution in [1.82, 2.24) is 15.3 Å². The minimum atomic E-state index is 0.442. The van der Waals surface area contributed by atoms with Crippen LogP contribution in [0.4, 0.5) is 11.8 Å². The molecule has 2 rings (SSSR count). The van der Waals surface area contributed by atoms with Crippen LogP contribution in [0.3, 0.4) is 0 Å². The van der Waals surface area contributed by atoms with Crippen LogP contribution >= 0.6 is 15.9 Å². The third-order valence-corrected chi connectivity index (χ3v) is 3.21. The molecule has 1 aliphatic rings. The van der Waals surface area contributed by atoms with Crippen molar-refractivity contribution < 1.29 is 0 Å². The standard InChI is InChI=1S/C10H16BrN5/c1-6-4-16(5-7(2)14-6)10-13-3-8(11)9(12)15-10/h3,6-7,14H,4-5H2,1-2H3,(H2,12,13,15). The van der Waals surface area contributed by atoms with E-state index in [1.807, 2.05) is 0 Å². The summed E-state index contributed by atoms with van der Waals surface area (Å²) in [6.07, 6.45) is 1.70. The lowest BCUT2D eigenvalue weighted by molar-refractivity contribution is 0.403. The SMILES string of the molecule is CC1CN(c2ncc(Br)c(N)n2)CC(C)N1. The van der Waals surface area contributed by atoms with Crippen LogP contribution in [-0.2, 0) is 0 Å². The number of anilines is 2. The third kappa shape index (κ3) is 2.44. The molecule has 1 fully saturated rings. The van der Waals surface area contributed by atoms with Gasteiger partial charge in [-0.3, -0.25) is 0 Å². The van der Waals surface area contributed by atoms with E-state index in [0.717, 1.165) is 17.6 Å². The van der Waals surface area contributed by atoms with Crippen molar-refractivity contribution in [2.45, 2.75) is 25.9 Å². The number of nitrogen functional groups attached to an aromatic ring is 1. The molecule has 3 N–H and O–H groups in total. The molecule has 0 spiro atoms. The number of hydrogen-bond acceptors (Lipinski definition) is 5. The van der Waals surface area contributed by atoms with E-state index < -0.39 is 0 Å². The molecule has 1 aromatic rings. The summed E-state index contributed by atoms with van der Waals surface area (Å²) in [5, 5.41) is 3.47. The first kappa shape index (κ1) is 11.6. The average Bonchev–Trinajstić information content (AvgIpc) is 2.20. The number of nitrogens with one attached hydrogen (secondary N) is 1. The summed E-state index contributed by atoms with van der Waals surface area (Å²) in [6.45, 7) is 6.13. The quantitative estimate of drug-likeness (QED) is 0.806. The van der Waals surface area contributed by atoms with Gasteiger partial charge >= 0.3 is 0 Å². The molecule has 2 unspecified atom stereocenters. The van der Waals surface area contributed by atoms with Gasteiger partial charge in [-0.1, -0.05) is 0 Å². The normalized spacial score (nSPS) is 25.8. The predicted molar refractivity (Wildman–Crippen MR) is 68.4 cm³/mol. The van der Waals surface area contributed by atoms with E-state index in [2.05, 4.69) is 50.0 Å². The highest BCUT2D eigenvalue weighted by Crippen LogP contribution is 2.19. The Morgan fingerprint density at radius 3 is 2.62 bits per heavy atom. The molecule has 88 valence electrons. The Morgan fingerprint density at radius 2 is 2.06 bits per heavy atom. The third-order valence-electron chi connectivity index (χ3n) is 2.60. The Morgan fingerprint density at radius 1 is 1.44 bits per heavy atom. The summed E-state index contributed by atoms with van der Waals surface area (Å²) in [7, 11) is 0. The number of nitrogens with two attached hydrogens (primary N) is 1. The lowest BCUT2D eigenvalue weighted by atomic mass is 10.1. The fourth-order valence-corrected chi connectivity index (χ4v) is 2.20. The molecule has 2 heterocycles. The van der Waals surface area contributed by atoms with Crippen molar-refractivity contribution in [1.29, 1.82) is 0 Å².